The van der Waals surface area contributed by atoms with Gasteiger partial charge < -0.3 is 10.2 Å². The minimum absolute atomic E-state index is 0.181. The van der Waals surface area contributed by atoms with Crippen molar-refractivity contribution in [3.05, 3.63) is 108 Å². The van der Waals surface area contributed by atoms with Crippen molar-refractivity contribution in [2.45, 2.75) is 36.9 Å². The van der Waals surface area contributed by atoms with E-state index in [1.165, 1.54) is 4.90 Å². The number of carbonyl (C=O) groups excluding carboxylic acids is 2. The maximum atomic E-state index is 13.9. The number of amides is 2. The van der Waals surface area contributed by atoms with Crippen LogP contribution in [0.5, 0.6) is 0 Å². The molecule has 7 heteroatoms. The summed E-state index contributed by atoms with van der Waals surface area (Å²) in [4.78, 5) is 30.5. The van der Waals surface area contributed by atoms with Crippen LogP contribution in [-0.4, -0.2) is 44.8 Å². The van der Waals surface area contributed by atoms with Crippen molar-refractivity contribution in [2.75, 3.05) is 12.8 Å². The van der Waals surface area contributed by atoms with Crippen molar-refractivity contribution in [1.82, 2.24) is 20.0 Å². The SMILES string of the molecule is CSc1ccc(CCN2C(=O)c3cc(-c4ccccc4)nn3C[C@]2(C)C(=O)NCc2ccccc2)cc1. The number of benzene rings is 3. The molecule has 4 aromatic rings. The third-order valence-corrected chi connectivity index (χ3v) is 7.68. The lowest BCUT2D eigenvalue weighted by atomic mass is 9.94. The van der Waals surface area contributed by atoms with Crippen molar-refractivity contribution >= 4 is 23.6 Å². The Hall–Kier alpha value is -3.84. The highest BCUT2D eigenvalue weighted by molar-refractivity contribution is 7.98. The van der Waals surface area contributed by atoms with E-state index in [0.717, 1.165) is 22.4 Å². The van der Waals surface area contributed by atoms with Crippen LogP contribution < -0.4 is 5.32 Å². The third-order valence-electron chi connectivity index (χ3n) is 6.94. The summed E-state index contributed by atoms with van der Waals surface area (Å²) in [5.41, 5.74) is 3.22. The van der Waals surface area contributed by atoms with Crippen molar-refractivity contribution in [2.24, 2.45) is 0 Å². The molecule has 37 heavy (non-hydrogen) atoms. The van der Waals surface area contributed by atoms with E-state index < -0.39 is 5.54 Å². The molecule has 1 N–H and O–H groups in total. The van der Waals surface area contributed by atoms with Gasteiger partial charge in [0.05, 0.1) is 12.2 Å². The molecule has 188 valence electrons. The molecule has 0 fully saturated rings. The fourth-order valence-corrected chi connectivity index (χ4v) is 5.15. The van der Waals surface area contributed by atoms with E-state index in [9.17, 15) is 9.59 Å². The second-order valence-electron chi connectivity index (χ2n) is 9.44. The first kappa shape index (κ1) is 24.8. The highest BCUT2D eigenvalue weighted by Crippen LogP contribution is 2.30. The summed E-state index contributed by atoms with van der Waals surface area (Å²) in [6.45, 7) is 2.95. The molecular formula is C30H30N4O2S. The molecule has 3 aromatic carbocycles. The number of fused-ring (bicyclic) bond motifs is 1. The summed E-state index contributed by atoms with van der Waals surface area (Å²) in [5.74, 6) is -0.371. The molecule has 1 aromatic heterocycles. The van der Waals surface area contributed by atoms with Gasteiger partial charge in [0.1, 0.15) is 11.2 Å². The van der Waals surface area contributed by atoms with Gasteiger partial charge in [0.25, 0.3) is 5.91 Å². The Labute approximate surface area is 221 Å². The van der Waals surface area contributed by atoms with Gasteiger partial charge in [0.15, 0.2) is 0 Å². The lowest BCUT2D eigenvalue weighted by molar-refractivity contribution is -0.133. The van der Waals surface area contributed by atoms with Gasteiger partial charge in [-0.15, -0.1) is 11.8 Å². The largest absolute Gasteiger partial charge is 0.350 e. The normalized spacial score (nSPS) is 16.9. The number of nitrogens with one attached hydrogen (secondary N) is 1. The minimum Gasteiger partial charge on any atom is -0.350 e. The van der Waals surface area contributed by atoms with Crippen LogP contribution in [0.3, 0.4) is 0 Å². The maximum Gasteiger partial charge on any atom is 0.273 e. The summed E-state index contributed by atoms with van der Waals surface area (Å²) in [6, 6.07) is 29.8. The molecule has 2 heterocycles. The monoisotopic (exact) mass is 510 g/mol. The molecule has 5 rings (SSSR count). The van der Waals surface area contributed by atoms with Crippen molar-refractivity contribution in [1.29, 1.82) is 0 Å². The van der Waals surface area contributed by atoms with E-state index in [1.54, 1.807) is 21.3 Å². The molecule has 0 radical (unpaired) electrons. The molecule has 1 atom stereocenters. The van der Waals surface area contributed by atoms with Crippen LogP contribution in [-0.2, 0) is 24.3 Å². The Kier molecular flexibility index (Phi) is 7.15. The molecule has 1 aliphatic rings. The van der Waals surface area contributed by atoms with Gasteiger partial charge in [-0.2, -0.15) is 5.10 Å². The molecule has 0 unspecified atom stereocenters. The zero-order valence-corrected chi connectivity index (χ0v) is 21.9. The minimum atomic E-state index is -1.09. The van der Waals surface area contributed by atoms with Gasteiger partial charge in [0, 0.05) is 23.5 Å². The smallest absolute Gasteiger partial charge is 0.273 e. The van der Waals surface area contributed by atoms with E-state index in [0.29, 0.717) is 25.2 Å². The van der Waals surface area contributed by atoms with Crippen LogP contribution in [0, 0.1) is 0 Å². The van der Waals surface area contributed by atoms with Crippen LogP contribution in [0.25, 0.3) is 11.3 Å². The van der Waals surface area contributed by atoms with Crippen LogP contribution in [0.2, 0.25) is 0 Å². The van der Waals surface area contributed by atoms with Crippen LogP contribution in [0.1, 0.15) is 28.5 Å². The predicted octanol–water partition coefficient (Wildman–Crippen LogP) is 5.05. The number of hydrogen-bond acceptors (Lipinski definition) is 4. The maximum absolute atomic E-state index is 13.9. The third kappa shape index (κ3) is 5.18. The fraction of sp³-hybridized carbons (Fsp3) is 0.233. The highest BCUT2D eigenvalue weighted by atomic mass is 32.2. The summed E-state index contributed by atoms with van der Waals surface area (Å²) in [6.07, 6.45) is 2.70. The first-order chi connectivity index (χ1) is 18.0. The van der Waals surface area contributed by atoms with E-state index >= 15 is 0 Å². The Morgan fingerprint density at radius 3 is 2.32 bits per heavy atom. The van der Waals surface area contributed by atoms with Crippen molar-refractivity contribution < 1.29 is 9.59 Å². The summed E-state index contributed by atoms with van der Waals surface area (Å²) < 4.78 is 1.69. The van der Waals surface area contributed by atoms with Crippen molar-refractivity contribution in [3.63, 3.8) is 0 Å². The van der Waals surface area contributed by atoms with E-state index in [2.05, 4.69) is 29.6 Å². The van der Waals surface area contributed by atoms with E-state index in [-0.39, 0.29) is 18.4 Å². The van der Waals surface area contributed by atoms with Crippen LogP contribution in [0.4, 0.5) is 0 Å². The fourth-order valence-electron chi connectivity index (χ4n) is 4.74. The zero-order chi connectivity index (χ0) is 25.8. The average molecular weight is 511 g/mol. The second kappa shape index (κ2) is 10.6. The highest BCUT2D eigenvalue weighted by Gasteiger charge is 2.47. The predicted molar refractivity (Wildman–Crippen MR) is 147 cm³/mol. The molecule has 0 saturated heterocycles. The van der Waals surface area contributed by atoms with Gasteiger partial charge in [-0.1, -0.05) is 72.8 Å². The second-order valence-corrected chi connectivity index (χ2v) is 10.3. The van der Waals surface area contributed by atoms with Gasteiger partial charge in [0.2, 0.25) is 5.91 Å². The van der Waals surface area contributed by atoms with E-state index in [1.807, 2.05) is 79.9 Å². The topological polar surface area (TPSA) is 67.2 Å². The molecule has 0 spiro atoms. The number of aromatic nitrogens is 2. The quantitative estimate of drug-likeness (QED) is 0.337. The number of thioether (sulfide) groups is 1. The number of nitrogens with zero attached hydrogens (tertiary/aromatic N) is 3. The summed E-state index contributed by atoms with van der Waals surface area (Å²) in [7, 11) is 0. The first-order valence-electron chi connectivity index (χ1n) is 12.4. The molecular weight excluding hydrogens is 480 g/mol. The molecule has 0 saturated carbocycles. The Morgan fingerprint density at radius 2 is 1.65 bits per heavy atom. The summed E-state index contributed by atoms with van der Waals surface area (Å²) >= 11 is 1.70. The molecule has 6 nitrogen and oxygen atoms in total. The molecule has 0 aliphatic carbocycles. The standard InChI is InChI=1S/C30H30N4O2S/c1-30(29(36)31-20-23-9-5-3-6-10-23)21-34-27(19-26(32-34)24-11-7-4-8-12-24)28(35)33(30)18-17-22-13-15-25(37-2)16-14-22/h3-16,19H,17-18,20-21H2,1-2H3,(H,31,36)/t30-/m1/s1. The number of carbonyl (C=O) groups is 2. The van der Waals surface area contributed by atoms with Gasteiger partial charge in [-0.05, 0) is 48.9 Å². The van der Waals surface area contributed by atoms with Gasteiger partial charge in [-0.3, -0.25) is 14.3 Å². The van der Waals surface area contributed by atoms with Crippen LogP contribution >= 0.6 is 11.8 Å². The molecule has 2 amide bonds. The first-order valence-corrected chi connectivity index (χ1v) is 13.6. The number of hydrogen-bond donors (Lipinski definition) is 1. The number of rotatable bonds is 8. The van der Waals surface area contributed by atoms with Gasteiger partial charge >= 0.3 is 0 Å². The zero-order valence-electron chi connectivity index (χ0n) is 21.1. The Morgan fingerprint density at radius 1 is 0.973 bits per heavy atom. The Balaban J connectivity index is 1.44. The lowest BCUT2D eigenvalue weighted by Gasteiger charge is -2.43. The van der Waals surface area contributed by atoms with Crippen molar-refractivity contribution in [3.8, 4) is 11.3 Å². The average Bonchev–Trinajstić information content (AvgIpc) is 3.37. The van der Waals surface area contributed by atoms with E-state index in [4.69, 9.17) is 5.10 Å². The van der Waals surface area contributed by atoms with Crippen LogP contribution in [0.15, 0.2) is 95.9 Å². The van der Waals surface area contributed by atoms with Gasteiger partial charge in [-0.25, -0.2) is 0 Å². The Bertz CT molecular complexity index is 1390. The molecule has 0 bridgehead atoms. The summed E-state index contributed by atoms with van der Waals surface area (Å²) in [5, 5.41) is 7.79. The molecule has 1 aliphatic heterocycles. The lowest BCUT2D eigenvalue weighted by Crippen LogP contribution is -2.64.